The minimum absolute atomic E-state index is 0.0189. The third kappa shape index (κ3) is 8.81. The maximum Gasteiger partial charge on any atom is 0.332 e. The van der Waals surface area contributed by atoms with Crippen LogP contribution in [0.15, 0.2) is 95.7 Å². The highest BCUT2D eigenvalue weighted by Crippen LogP contribution is 2.32. The number of carboxylic acids is 1. The summed E-state index contributed by atoms with van der Waals surface area (Å²) in [6.07, 6.45) is 1.24. The Morgan fingerprint density at radius 1 is 1.04 bits per heavy atom. The minimum Gasteiger partial charge on any atom is -0.480 e. The summed E-state index contributed by atoms with van der Waals surface area (Å²) in [5.41, 5.74) is 9.42. The Balaban J connectivity index is 0.00000107. The number of imide groups is 1. The molecule has 1 aromatic heterocycles. The van der Waals surface area contributed by atoms with Crippen molar-refractivity contribution in [3.05, 3.63) is 102 Å². The second kappa shape index (κ2) is 16.7. The first-order valence-electron chi connectivity index (χ1n) is 15.7. The van der Waals surface area contributed by atoms with E-state index in [1.165, 1.54) is 18.1 Å². The van der Waals surface area contributed by atoms with Gasteiger partial charge in [-0.05, 0) is 94.3 Å². The van der Waals surface area contributed by atoms with E-state index in [0.29, 0.717) is 24.3 Å². The molecule has 2 aromatic carbocycles. The maximum atomic E-state index is 13.5. The molecule has 0 saturated carbocycles. The molecule has 268 valence electrons. The summed E-state index contributed by atoms with van der Waals surface area (Å²) in [7, 11) is -1.38. The summed E-state index contributed by atoms with van der Waals surface area (Å²) in [6, 6.07) is 8.95. The van der Waals surface area contributed by atoms with Gasteiger partial charge < -0.3 is 20.2 Å². The predicted octanol–water partition coefficient (Wildman–Crippen LogP) is 4.99. The summed E-state index contributed by atoms with van der Waals surface area (Å²) in [4.78, 5) is 51.0. The maximum absolute atomic E-state index is 13.5. The molecule has 1 fully saturated rings. The van der Waals surface area contributed by atoms with Crippen molar-refractivity contribution in [3.8, 4) is 0 Å². The largest absolute Gasteiger partial charge is 0.480 e. The van der Waals surface area contributed by atoms with Gasteiger partial charge in [-0.25, -0.2) is 32.3 Å². The van der Waals surface area contributed by atoms with E-state index in [2.05, 4.69) is 51.4 Å². The second-order valence-corrected chi connectivity index (χ2v) is 13.5. The number of carboxylic acid groups (broad SMARTS) is 1. The van der Waals surface area contributed by atoms with Gasteiger partial charge in [0.05, 0.1) is 16.8 Å². The number of halogens is 1. The molecule has 1 aliphatic rings. The fourth-order valence-electron chi connectivity index (χ4n) is 4.85. The van der Waals surface area contributed by atoms with Crippen LogP contribution in [-0.4, -0.2) is 85.1 Å². The molecule has 2 N–H and O–H groups in total. The van der Waals surface area contributed by atoms with Gasteiger partial charge in [0.2, 0.25) is 5.95 Å². The number of nitrogens with one attached hydrogen (secondary N) is 1. The summed E-state index contributed by atoms with van der Waals surface area (Å²) in [5.74, 6) is -1.99. The first-order valence-corrected chi connectivity index (χ1v) is 17.1. The van der Waals surface area contributed by atoms with E-state index in [1.54, 1.807) is 45.2 Å². The number of hydrogen-bond acceptors (Lipinski definition) is 9. The number of carbonyl (C=O) groups is 3. The Labute approximate surface area is 297 Å². The molecule has 0 aliphatic carbocycles. The molecule has 13 nitrogen and oxygen atoms in total. The number of hydrogen-bond donors (Lipinski definition) is 2. The molecule has 0 unspecified atom stereocenters. The molecule has 0 radical (unpaired) electrons. The summed E-state index contributed by atoms with van der Waals surface area (Å²) < 4.78 is 41.3. The molecule has 51 heavy (non-hydrogen) atoms. The number of carbonyl (C=O) groups excluding carboxylic acids is 2. The van der Waals surface area contributed by atoms with Crippen molar-refractivity contribution in [1.82, 2.24) is 14.9 Å². The van der Waals surface area contributed by atoms with E-state index in [0.717, 1.165) is 33.5 Å². The lowest BCUT2D eigenvalue weighted by atomic mass is 10.0. The minimum atomic E-state index is -4.20. The Morgan fingerprint density at radius 3 is 2.08 bits per heavy atom. The Morgan fingerprint density at radius 2 is 1.61 bits per heavy atom. The van der Waals surface area contributed by atoms with Crippen molar-refractivity contribution in [3.63, 3.8) is 0 Å². The van der Waals surface area contributed by atoms with E-state index in [1.807, 2.05) is 18.7 Å². The van der Waals surface area contributed by atoms with Gasteiger partial charge in [-0.15, -0.1) is 0 Å². The van der Waals surface area contributed by atoms with Gasteiger partial charge in [-0.1, -0.05) is 23.6 Å². The van der Waals surface area contributed by atoms with Crippen LogP contribution in [0, 0.1) is 5.82 Å². The SMILES string of the molecule is C=C=C=C=C=C.CCN(CC)c1ncc(N(C)S(=O)(=O)c2ccc(F)cc2)c(N[C@@H](Cc2ccc(N3C(=O)N(C)C(C)(C)C3=O)cc2)C(=O)O)n1. The zero-order chi connectivity index (χ0) is 38.1. The molecule has 1 aliphatic heterocycles. The lowest BCUT2D eigenvalue weighted by Crippen LogP contribution is -2.41. The standard InChI is InChI=1S/C30H36FN7O6S.C6H4/c1-7-37(8-2)28-32-18-24(36(6)45(43,44)22-15-11-20(31)12-16-22)25(34-28)33-23(26(39)40)17-19-9-13-21(14-10-19)38-27(41)30(3,4)35(5)29(38)42;1-3-5-6-4-2/h9-16,18,23H,7-8,17H2,1-6H3,(H,39,40)(H,32,33,34);1-2H2/t23-;/m0./s1. The van der Waals surface area contributed by atoms with Crippen LogP contribution in [0.25, 0.3) is 0 Å². The number of urea groups is 1. The molecule has 2 heterocycles. The van der Waals surface area contributed by atoms with E-state index >= 15 is 0 Å². The average molecular weight is 718 g/mol. The fraction of sp³-hybridized carbons (Fsp3) is 0.306. The summed E-state index contributed by atoms with van der Waals surface area (Å²) in [6.45, 7) is 14.6. The number of aliphatic carboxylic acids is 1. The zero-order valence-corrected chi connectivity index (χ0v) is 30.1. The van der Waals surface area contributed by atoms with E-state index in [9.17, 15) is 32.3 Å². The van der Waals surface area contributed by atoms with Crippen molar-refractivity contribution in [2.75, 3.05) is 46.6 Å². The fourth-order valence-corrected chi connectivity index (χ4v) is 6.04. The highest BCUT2D eigenvalue weighted by Gasteiger charge is 2.49. The molecule has 3 amide bonds. The molecule has 15 heteroatoms. The van der Waals surface area contributed by atoms with Crippen molar-refractivity contribution >= 4 is 51.1 Å². The van der Waals surface area contributed by atoms with Crippen LogP contribution in [0.4, 0.5) is 32.3 Å². The highest BCUT2D eigenvalue weighted by atomic mass is 32.2. The van der Waals surface area contributed by atoms with Gasteiger partial charge in [-0.3, -0.25) is 9.10 Å². The molecule has 0 spiro atoms. The van der Waals surface area contributed by atoms with Crippen molar-refractivity contribution in [2.45, 2.75) is 50.6 Å². The van der Waals surface area contributed by atoms with Crippen LogP contribution in [0.3, 0.4) is 0 Å². The zero-order valence-electron chi connectivity index (χ0n) is 29.3. The molecule has 1 atom stereocenters. The predicted molar refractivity (Wildman–Crippen MR) is 193 cm³/mol. The summed E-state index contributed by atoms with van der Waals surface area (Å²) >= 11 is 0. The first-order chi connectivity index (χ1) is 24.0. The van der Waals surface area contributed by atoms with Gasteiger partial charge in [0, 0.05) is 33.6 Å². The lowest BCUT2D eigenvalue weighted by Gasteiger charge is -2.26. The average Bonchev–Trinajstić information content (AvgIpc) is 3.26. The number of nitrogens with zero attached hydrogens (tertiary/aromatic N) is 6. The number of likely N-dealkylation sites (N-methyl/N-ethyl adjacent to an activating group) is 1. The lowest BCUT2D eigenvalue weighted by molar-refractivity contribution is -0.137. The van der Waals surface area contributed by atoms with Crippen molar-refractivity contribution < 1.29 is 32.3 Å². The molecule has 0 bridgehead atoms. The number of aromatic nitrogens is 2. The van der Waals surface area contributed by atoms with Gasteiger partial charge in [0.15, 0.2) is 5.82 Å². The topological polar surface area (TPSA) is 156 Å². The molecule has 4 rings (SSSR count). The molecular formula is C36H40FN7O6S. The number of rotatable bonds is 12. The first kappa shape index (κ1) is 39.5. The Kier molecular flexibility index (Phi) is 12.9. The van der Waals surface area contributed by atoms with Crippen LogP contribution in [-0.2, 0) is 26.0 Å². The van der Waals surface area contributed by atoms with Crippen LogP contribution < -0.4 is 19.4 Å². The number of anilines is 4. The molecular weight excluding hydrogens is 678 g/mol. The third-order valence-electron chi connectivity index (χ3n) is 8.14. The van der Waals surface area contributed by atoms with Crippen LogP contribution >= 0.6 is 0 Å². The smallest absolute Gasteiger partial charge is 0.332 e. The van der Waals surface area contributed by atoms with E-state index < -0.39 is 39.4 Å². The van der Waals surface area contributed by atoms with Gasteiger partial charge in [0.25, 0.3) is 15.9 Å². The Bertz CT molecular complexity index is 2010. The van der Waals surface area contributed by atoms with Crippen molar-refractivity contribution in [1.29, 1.82) is 0 Å². The van der Waals surface area contributed by atoms with Gasteiger partial charge >= 0.3 is 12.0 Å². The van der Waals surface area contributed by atoms with E-state index in [-0.39, 0.29) is 34.7 Å². The quantitative estimate of drug-likeness (QED) is 0.193. The third-order valence-corrected chi connectivity index (χ3v) is 9.93. The summed E-state index contributed by atoms with van der Waals surface area (Å²) in [5, 5.41) is 13.0. The van der Waals surface area contributed by atoms with Crippen LogP contribution in [0.1, 0.15) is 33.3 Å². The second-order valence-electron chi connectivity index (χ2n) is 11.6. The van der Waals surface area contributed by atoms with Gasteiger partial charge in [0.1, 0.15) is 23.1 Å². The van der Waals surface area contributed by atoms with Crippen LogP contribution in [0.2, 0.25) is 0 Å². The number of benzene rings is 2. The normalized spacial score (nSPS) is 13.9. The molecule has 3 aromatic rings. The van der Waals surface area contributed by atoms with E-state index in [4.69, 9.17) is 0 Å². The Hall–Kier alpha value is -5.93. The molecule has 1 saturated heterocycles. The van der Waals surface area contributed by atoms with Gasteiger partial charge in [-0.2, -0.15) is 4.98 Å². The monoisotopic (exact) mass is 717 g/mol. The van der Waals surface area contributed by atoms with Crippen LogP contribution in [0.5, 0.6) is 0 Å². The number of amides is 3. The van der Waals surface area contributed by atoms with Crippen molar-refractivity contribution in [2.24, 2.45) is 0 Å². The number of sulfonamides is 1. The highest BCUT2D eigenvalue weighted by molar-refractivity contribution is 7.92.